The minimum atomic E-state index is -0.535. The number of fused-ring (bicyclic) bond motifs is 3. The Morgan fingerprint density at radius 2 is 1.91 bits per heavy atom. The van der Waals surface area contributed by atoms with E-state index in [0.29, 0.717) is 16.9 Å². The second-order valence-corrected chi connectivity index (χ2v) is 5.03. The van der Waals surface area contributed by atoms with E-state index in [2.05, 4.69) is 11.2 Å². The summed E-state index contributed by atoms with van der Waals surface area (Å²) in [6, 6.07) is 14.9. The third kappa shape index (κ3) is 1.84. The van der Waals surface area contributed by atoms with Gasteiger partial charge in [0.2, 0.25) is 0 Å². The van der Waals surface area contributed by atoms with Gasteiger partial charge in [0.15, 0.2) is 5.82 Å². The molecule has 0 amide bonds. The van der Waals surface area contributed by atoms with Crippen LogP contribution in [0.3, 0.4) is 0 Å². The van der Waals surface area contributed by atoms with Crippen LogP contribution < -0.4 is 5.56 Å². The quantitative estimate of drug-likeness (QED) is 0.543. The Balaban J connectivity index is 2.16. The maximum Gasteiger partial charge on any atom is 0.282 e. The smallest absolute Gasteiger partial charge is 0.282 e. The Kier molecular flexibility index (Phi) is 2.75. The fourth-order valence-electron chi connectivity index (χ4n) is 2.65. The van der Waals surface area contributed by atoms with Crippen molar-refractivity contribution in [3.8, 4) is 23.1 Å². The standard InChI is InChI=1S/C17H9FN4O/c18-13-5-1-2-7-15(13)22-17(23)12-9-11(10-19)14-6-3-4-8-21(14)16(12)20-22/h1-9H. The molecule has 0 saturated carbocycles. The number of hydrogen-bond acceptors (Lipinski definition) is 3. The Morgan fingerprint density at radius 3 is 2.70 bits per heavy atom. The third-order valence-corrected chi connectivity index (χ3v) is 3.71. The van der Waals surface area contributed by atoms with E-state index in [1.807, 2.05) is 0 Å². The second kappa shape index (κ2) is 4.78. The molecule has 3 heterocycles. The molecule has 2 aliphatic rings. The third-order valence-electron chi connectivity index (χ3n) is 3.71. The van der Waals surface area contributed by atoms with Gasteiger partial charge in [-0.05, 0) is 30.3 Å². The van der Waals surface area contributed by atoms with Gasteiger partial charge in [-0.3, -0.25) is 9.20 Å². The van der Waals surface area contributed by atoms with Gasteiger partial charge in [-0.1, -0.05) is 18.2 Å². The van der Waals surface area contributed by atoms with Crippen LogP contribution in [0.2, 0.25) is 0 Å². The van der Waals surface area contributed by atoms with E-state index in [0.717, 1.165) is 4.68 Å². The molecule has 1 aromatic heterocycles. The number of halogens is 1. The average molecular weight is 304 g/mol. The van der Waals surface area contributed by atoms with Crippen LogP contribution in [0.25, 0.3) is 22.6 Å². The summed E-state index contributed by atoms with van der Waals surface area (Å²) in [7, 11) is 0. The first kappa shape index (κ1) is 13.2. The molecule has 0 aliphatic carbocycles. The number of para-hydroxylation sites is 1. The first-order valence-corrected chi connectivity index (χ1v) is 6.89. The number of nitrogens with zero attached hydrogens (tertiary/aromatic N) is 4. The summed E-state index contributed by atoms with van der Waals surface area (Å²) in [5.74, 6) is -0.153. The van der Waals surface area contributed by atoms with Crippen LogP contribution in [0, 0.1) is 17.1 Å². The number of hydrogen-bond donors (Lipinski definition) is 0. The van der Waals surface area contributed by atoms with E-state index in [4.69, 9.17) is 0 Å². The van der Waals surface area contributed by atoms with Gasteiger partial charge in [0.25, 0.3) is 5.56 Å². The summed E-state index contributed by atoms with van der Waals surface area (Å²) in [6.45, 7) is 0. The molecule has 0 spiro atoms. The van der Waals surface area contributed by atoms with Crippen LogP contribution >= 0.6 is 0 Å². The highest BCUT2D eigenvalue weighted by atomic mass is 19.1. The van der Waals surface area contributed by atoms with Gasteiger partial charge in [-0.2, -0.15) is 9.94 Å². The zero-order valence-electron chi connectivity index (χ0n) is 11.8. The largest absolute Gasteiger partial charge is 0.298 e. The molecule has 0 atom stereocenters. The second-order valence-electron chi connectivity index (χ2n) is 5.03. The topological polar surface area (TPSA) is 63.1 Å². The minimum absolute atomic E-state index is 0.0805. The van der Waals surface area contributed by atoms with Gasteiger partial charge in [0, 0.05) is 6.20 Å². The fourth-order valence-corrected chi connectivity index (χ4v) is 2.65. The van der Waals surface area contributed by atoms with Crippen molar-refractivity contribution in [1.29, 1.82) is 5.26 Å². The summed E-state index contributed by atoms with van der Waals surface area (Å²) in [4.78, 5) is 12.6. The highest BCUT2D eigenvalue weighted by Crippen LogP contribution is 2.23. The van der Waals surface area contributed by atoms with E-state index < -0.39 is 11.4 Å². The molecule has 2 aromatic rings. The maximum atomic E-state index is 14.0. The van der Waals surface area contributed by atoms with Crippen molar-refractivity contribution in [2.75, 3.05) is 0 Å². The number of pyridine rings is 2. The van der Waals surface area contributed by atoms with Crippen molar-refractivity contribution < 1.29 is 4.39 Å². The van der Waals surface area contributed by atoms with Crippen LogP contribution in [0.1, 0.15) is 5.56 Å². The summed E-state index contributed by atoms with van der Waals surface area (Å²) < 4.78 is 16.7. The monoisotopic (exact) mass is 304 g/mol. The van der Waals surface area contributed by atoms with E-state index >= 15 is 0 Å². The van der Waals surface area contributed by atoms with E-state index in [-0.39, 0.29) is 11.3 Å². The van der Waals surface area contributed by atoms with E-state index in [1.165, 1.54) is 18.2 Å². The average Bonchev–Trinajstić information content (AvgIpc) is 2.91. The first-order valence-electron chi connectivity index (χ1n) is 6.89. The Morgan fingerprint density at radius 1 is 1.13 bits per heavy atom. The zero-order valence-corrected chi connectivity index (χ0v) is 11.8. The molecule has 4 rings (SSSR count). The highest BCUT2D eigenvalue weighted by molar-refractivity contribution is 5.72. The molecule has 23 heavy (non-hydrogen) atoms. The molecule has 110 valence electrons. The predicted molar refractivity (Wildman–Crippen MR) is 82.1 cm³/mol. The molecule has 5 nitrogen and oxygen atoms in total. The molecule has 0 radical (unpaired) electrons. The van der Waals surface area contributed by atoms with Crippen molar-refractivity contribution in [2.24, 2.45) is 0 Å². The Hall–Kier alpha value is -3.46. The normalized spacial score (nSPS) is 11.0. The molecule has 0 N–H and O–H groups in total. The summed E-state index contributed by atoms with van der Waals surface area (Å²) >= 11 is 0. The van der Waals surface area contributed by atoms with Crippen LogP contribution in [-0.2, 0) is 0 Å². The lowest BCUT2D eigenvalue weighted by molar-refractivity contribution is 0.608. The van der Waals surface area contributed by atoms with E-state index in [1.54, 1.807) is 40.9 Å². The van der Waals surface area contributed by atoms with Crippen LogP contribution in [-0.4, -0.2) is 14.2 Å². The van der Waals surface area contributed by atoms with Crippen molar-refractivity contribution in [1.82, 2.24) is 14.2 Å². The van der Waals surface area contributed by atoms with Crippen molar-refractivity contribution in [3.63, 3.8) is 0 Å². The van der Waals surface area contributed by atoms with Gasteiger partial charge in [-0.15, -0.1) is 5.10 Å². The van der Waals surface area contributed by atoms with Gasteiger partial charge in [-0.25, -0.2) is 4.39 Å². The maximum absolute atomic E-state index is 14.0. The fraction of sp³-hybridized carbons (Fsp3) is 0. The molecule has 0 unspecified atom stereocenters. The molecular weight excluding hydrogens is 295 g/mol. The molecule has 0 fully saturated rings. The molecule has 2 aliphatic heterocycles. The molecular formula is C17H9FN4O. The van der Waals surface area contributed by atoms with E-state index in [9.17, 15) is 14.4 Å². The van der Waals surface area contributed by atoms with Crippen LogP contribution in [0.4, 0.5) is 4.39 Å². The Labute approximate surface area is 129 Å². The highest BCUT2D eigenvalue weighted by Gasteiger charge is 2.21. The minimum Gasteiger partial charge on any atom is -0.298 e. The van der Waals surface area contributed by atoms with Crippen molar-refractivity contribution >= 4 is 5.52 Å². The van der Waals surface area contributed by atoms with Gasteiger partial charge < -0.3 is 0 Å². The lowest BCUT2D eigenvalue weighted by Gasteiger charge is -2.06. The molecule has 6 heteroatoms. The van der Waals surface area contributed by atoms with Gasteiger partial charge >= 0.3 is 0 Å². The molecule has 1 aromatic carbocycles. The molecule has 0 bridgehead atoms. The predicted octanol–water partition coefficient (Wildman–Crippen LogP) is 2.60. The lowest BCUT2D eigenvalue weighted by Crippen LogP contribution is -2.15. The SMILES string of the molecule is N#Cc1cc2c(=O)n(-c3ccccc3F)nc-2n2ccccc12. The first-order chi connectivity index (χ1) is 11.2. The summed E-state index contributed by atoms with van der Waals surface area (Å²) in [5, 5.41) is 13.6. The molecule has 0 saturated heterocycles. The summed E-state index contributed by atoms with van der Waals surface area (Å²) in [6.07, 6.45) is 1.72. The summed E-state index contributed by atoms with van der Waals surface area (Å²) in [5.41, 5.74) is 0.897. The Bertz CT molecular complexity index is 1120. The lowest BCUT2D eigenvalue weighted by atomic mass is 10.1. The van der Waals surface area contributed by atoms with Crippen LogP contribution in [0.15, 0.2) is 59.5 Å². The number of benzene rings is 1. The van der Waals surface area contributed by atoms with Crippen molar-refractivity contribution in [2.45, 2.75) is 0 Å². The number of aromatic nitrogens is 3. The number of nitriles is 1. The van der Waals surface area contributed by atoms with Gasteiger partial charge in [0.1, 0.15) is 17.6 Å². The van der Waals surface area contributed by atoms with Gasteiger partial charge in [0.05, 0.1) is 16.6 Å². The zero-order chi connectivity index (χ0) is 16.0. The van der Waals surface area contributed by atoms with Crippen LogP contribution in [0.5, 0.6) is 0 Å². The van der Waals surface area contributed by atoms with Crippen molar-refractivity contribution in [3.05, 3.63) is 76.5 Å². The number of rotatable bonds is 1.